The summed E-state index contributed by atoms with van der Waals surface area (Å²) in [6.45, 7) is 2.21. The molecule has 0 aromatic carbocycles. The van der Waals surface area contributed by atoms with Crippen molar-refractivity contribution >= 4 is 34.5 Å². The van der Waals surface area contributed by atoms with Crippen molar-refractivity contribution in [2.24, 2.45) is 11.7 Å². The van der Waals surface area contributed by atoms with Gasteiger partial charge in [-0.1, -0.05) is 25.6 Å². The molecule has 1 amide bonds. The second-order valence-electron chi connectivity index (χ2n) is 5.26. The lowest BCUT2D eigenvalue weighted by Crippen LogP contribution is -2.58. The van der Waals surface area contributed by atoms with E-state index >= 15 is 0 Å². The van der Waals surface area contributed by atoms with Gasteiger partial charge in [0.2, 0.25) is 0 Å². The van der Waals surface area contributed by atoms with Crippen molar-refractivity contribution in [1.82, 2.24) is 5.32 Å². The van der Waals surface area contributed by atoms with Gasteiger partial charge in [-0.2, -0.15) is 11.3 Å². The number of thiocarbonyl (C=S) groups is 1. The summed E-state index contributed by atoms with van der Waals surface area (Å²) in [6, 6.07) is 1.82. The average molecular weight is 296 g/mol. The summed E-state index contributed by atoms with van der Waals surface area (Å²) in [6.07, 6.45) is 5.06. The Bertz CT molecular complexity index is 448. The predicted molar refractivity (Wildman–Crippen MR) is 83.6 cm³/mol. The number of carbonyl (C=O) groups excluding carboxylic acids is 1. The molecule has 1 saturated carbocycles. The van der Waals surface area contributed by atoms with Crippen LogP contribution in [0.15, 0.2) is 16.8 Å². The molecule has 0 spiro atoms. The van der Waals surface area contributed by atoms with Crippen molar-refractivity contribution in [1.29, 1.82) is 0 Å². The highest BCUT2D eigenvalue weighted by molar-refractivity contribution is 7.80. The summed E-state index contributed by atoms with van der Waals surface area (Å²) in [5.74, 6) is 0.671. The quantitative estimate of drug-likeness (QED) is 0.839. The Balaban J connectivity index is 2.09. The Morgan fingerprint density at radius 2 is 2.26 bits per heavy atom. The third-order valence-corrected chi connectivity index (χ3v) is 5.22. The zero-order valence-electron chi connectivity index (χ0n) is 11.1. The molecule has 1 aromatic heterocycles. The number of nitrogens with one attached hydrogen (secondary N) is 1. The number of nitrogens with two attached hydrogens (primary N) is 1. The van der Waals surface area contributed by atoms with Gasteiger partial charge in [-0.25, -0.2) is 0 Å². The Hall–Kier alpha value is -0.940. The topological polar surface area (TPSA) is 55.1 Å². The van der Waals surface area contributed by atoms with E-state index in [1.165, 1.54) is 17.8 Å². The van der Waals surface area contributed by atoms with Crippen LogP contribution in [0.25, 0.3) is 0 Å². The lowest BCUT2D eigenvalue weighted by atomic mass is 9.75. The molecule has 0 saturated heterocycles. The van der Waals surface area contributed by atoms with E-state index in [2.05, 4.69) is 12.2 Å². The summed E-state index contributed by atoms with van der Waals surface area (Å²) in [4.78, 5) is 12.6. The third-order valence-electron chi connectivity index (χ3n) is 4.14. The first-order chi connectivity index (χ1) is 9.07. The van der Waals surface area contributed by atoms with Gasteiger partial charge in [0.05, 0.1) is 16.1 Å². The van der Waals surface area contributed by atoms with Crippen LogP contribution in [0.2, 0.25) is 0 Å². The highest BCUT2D eigenvalue weighted by atomic mass is 32.1. The molecule has 3 nitrogen and oxygen atoms in total. The Labute approximate surface area is 123 Å². The van der Waals surface area contributed by atoms with Crippen LogP contribution in [0.4, 0.5) is 0 Å². The SMILES string of the molecule is CCC1CCC(NC(=O)c2ccsc2)(C(N)=S)CC1. The first-order valence-corrected chi connectivity index (χ1v) is 8.07. The number of thiophene rings is 1. The van der Waals surface area contributed by atoms with Crippen LogP contribution < -0.4 is 11.1 Å². The minimum Gasteiger partial charge on any atom is -0.391 e. The van der Waals surface area contributed by atoms with Crippen LogP contribution in [-0.4, -0.2) is 16.4 Å². The predicted octanol–water partition coefficient (Wildman–Crippen LogP) is 3.10. The van der Waals surface area contributed by atoms with Gasteiger partial charge in [0.15, 0.2) is 0 Å². The standard InChI is InChI=1S/C14H20N2OS2/c1-2-10-3-6-14(7-4-10,13(15)18)16-12(17)11-5-8-19-9-11/h5,8-10H,2-4,6-7H2,1H3,(H2,15,18)(H,16,17). The van der Waals surface area contributed by atoms with Crippen LogP contribution in [0, 0.1) is 5.92 Å². The highest BCUT2D eigenvalue weighted by Gasteiger charge is 2.39. The first-order valence-electron chi connectivity index (χ1n) is 6.72. The van der Waals surface area contributed by atoms with E-state index in [4.69, 9.17) is 18.0 Å². The Kier molecular flexibility index (Phi) is 4.58. The van der Waals surface area contributed by atoms with Crippen LogP contribution >= 0.6 is 23.6 Å². The van der Waals surface area contributed by atoms with Gasteiger partial charge in [0.1, 0.15) is 0 Å². The van der Waals surface area contributed by atoms with Crippen molar-refractivity contribution in [3.05, 3.63) is 22.4 Å². The molecule has 3 N–H and O–H groups in total. The molecule has 2 rings (SSSR count). The van der Waals surface area contributed by atoms with Gasteiger partial charge < -0.3 is 11.1 Å². The molecular weight excluding hydrogens is 276 g/mol. The average Bonchev–Trinajstić information content (AvgIpc) is 2.93. The lowest BCUT2D eigenvalue weighted by molar-refractivity contribution is 0.0899. The van der Waals surface area contributed by atoms with Crippen molar-refractivity contribution in [2.45, 2.75) is 44.6 Å². The van der Waals surface area contributed by atoms with Crippen LogP contribution in [-0.2, 0) is 0 Å². The van der Waals surface area contributed by atoms with Crippen molar-refractivity contribution in [2.75, 3.05) is 0 Å². The van der Waals surface area contributed by atoms with Crippen LogP contribution in [0.1, 0.15) is 49.4 Å². The number of hydrogen-bond acceptors (Lipinski definition) is 3. The number of carbonyl (C=O) groups is 1. The van der Waals surface area contributed by atoms with E-state index < -0.39 is 5.54 Å². The van der Waals surface area contributed by atoms with Gasteiger partial charge in [-0.15, -0.1) is 0 Å². The largest absolute Gasteiger partial charge is 0.391 e. The zero-order chi connectivity index (χ0) is 13.9. The fourth-order valence-electron chi connectivity index (χ4n) is 2.69. The van der Waals surface area contributed by atoms with Crippen LogP contribution in [0.3, 0.4) is 0 Å². The third kappa shape index (κ3) is 3.15. The maximum absolute atomic E-state index is 12.2. The zero-order valence-corrected chi connectivity index (χ0v) is 12.8. The normalized spacial score (nSPS) is 26.9. The first kappa shape index (κ1) is 14.5. The van der Waals surface area contributed by atoms with Gasteiger partial charge in [0.25, 0.3) is 5.91 Å². The molecule has 1 aliphatic rings. The van der Waals surface area contributed by atoms with Gasteiger partial charge >= 0.3 is 0 Å². The summed E-state index contributed by atoms with van der Waals surface area (Å²) < 4.78 is 0. The summed E-state index contributed by atoms with van der Waals surface area (Å²) >= 11 is 6.73. The molecule has 0 unspecified atom stereocenters. The molecule has 1 heterocycles. The van der Waals surface area contributed by atoms with E-state index in [1.807, 2.05) is 16.8 Å². The van der Waals surface area contributed by atoms with Gasteiger partial charge in [-0.3, -0.25) is 4.79 Å². The van der Waals surface area contributed by atoms with E-state index in [9.17, 15) is 4.79 Å². The number of hydrogen-bond donors (Lipinski definition) is 2. The monoisotopic (exact) mass is 296 g/mol. The smallest absolute Gasteiger partial charge is 0.252 e. The van der Waals surface area contributed by atoms with E-state index in [-0.39, 0.29) is 5.91 Å². The van der Waals surface area contributed by atoms with Crippen molar-refractivity contribution in [3.63, 3.8) is 0 Å². The molecular formula is C14H20N2OS2. The fourth-order valence-corrected chi connectivity index (χ4v) is 3.59. The minimum atomic E-state index is -0.486. The molecule has 1 fully saturated rings. The highest BCUT2D eigenvalue weighted by Crippen LogP contribution is 2.34. The molecule has 0 atom stereocenters. The molecule has 0 bridgehead atoms. The molecule has 1 aromatic rings. The second-order valence-corrected chi connectivity index (χ2v) is 6.48. The van der Waals surface area contributed by atoms with Crippen molar-refractivity contribution < 1.29 is 4.79 Å². The van der Waals surface area contributed by atoms with Crippen molar-refractivity contribution in [3.8, 4) is 0 Å². The molecule has 19 heavy (non-hydrogen) atoms. The van der Waals surface area contributed by atoms with E-state index in [1.54, 1.807) is 0 Å². The fraction of sp³-hybridized carbons (Fsp3) is 0.571. The molecule has 104 valence electrons. The minimum absolute atomic E-state index is 0.0657. The van der Waals surface area contributed by atoms with Crippen LogP contribution in [0.5, 0.6) is 0 Å². The molecule has 0 radical (unpaired) electrons. The Morgan fingerprint density at radius 3 is 2.74 bits per heavy atom. The molecule has 1 aliphatic carbocycles. The van der Waals surface area contributed by atoms with Gasteiger partial charge in [0, 0.05) is 5.38 Å². The summed E-state index contributed by atoms with van der Waals surface area (Å²) in [5, 5.41) is 6.83. The summed E-state index contributed by atoms with van der Waals surface area (Å²) in [7, 11) is 0. The molecule has 5 heteroatoms. The van der Waals surface area contributed by atoms with Gasteiger partial charge in [-0.05, 0) is 43.0 Å². The second kappa shape index (κ2) is 6.01. The Morgan fingerprint density at radius 1 is 1.58 bits per heavy atom. The van der Waals surface area contributed by atoms with E-state index in [0.29, 0.717) is 10.6 Å². The number of rotatable bonds is 4. The lowest BCUT2D eigenvalue weighted by Gasteiger charge is -2.39. The summed E-state index contributed by atoms with van der Waals surface area (Å²) in [5.41, 5.74) is 6.12. The number of amides is 1. The molecule has 0 aliphatic heterocycles. The maximum atomic E-state index is 12.2. The maximum Gasteiger partial charge on any atom is 0.252 e. The van der Waals surface area contributed by atoms with E-state index in [0.717, 1.165) is 31.6 Å².